The summed E-state index contributed by atoms with van der Waals surface area (Å²) < 4.78 is 12.1. The second-order valence-electron chi connectivity index (χ2n) is 6.04. The van der Waals surface area contributed by atoms with Crippen molar-refractivity contribution in [1.82, 2.24) is 9.78 Å². The first-order valence-electron chi connectivity index (χ1n) is 8.52. The smallest absolute Gasteiger partial charge is 0.358 e. The zero-order valence-corrected chi connectivity index (χ0v) is 15.4. The molecule has 3 aromatic rings. The van der Waals surface area contributed by atoms with Gasteiger partial charge in [0.2, 0.25) is 0 Å². The normalized spacial score (nSPS) is 10.6. The molecule has 0 bridgehead atoms. The van der Waals surface area contributed by atoms with Gasteiger partial charge in [0.15, 0.2) is 5.69 Å². The molecule has 0 amide bonds. The number of hydrogen-bond donors (Lipinski definition) is 0. The topological polar surface area (TPSA) is 53.4 Å². The monoisotopic (exact) mass is 350 g/mol. The van der Waals surface area contributed by atoms with E-state index >= 15 is 0 Å². The molecule has 0 fully saturated rings. The average molecular weight is 350 g/mol. The van der Waals surface area contributed by atoms with Crippen molar-refractivity contribution in [2.24, 2.45) is 0 Å². The summed E-state index contributed by atoms with van der Waals surface area (Å²) in [7, 11) is 1.63. The predicted octanol–water partition coefficient (Wildman–Crippen LogP) is 4.34. The third-order valence-corrected chi connectivity index (χ3v) is 4.31. The Morgan fingerprint density at radius 1 is 1.04 bits per heavy atom. The average Bonchev–Trinajstić information content (AvgIpc) is 3.10. The van der Waals surface area contributed by atoms with Crippen molar-refractivity contribution < 1.29 is 14.3 Å². The van der Waals surface area contributed by atoms with E-state index in [1.54, 1.807) is 24.8 Å². The molecule has 0 aliphatic heterocycles. The molecule has 5 heteroatoms. The lowest BCUT2D eigenvalue weighted by atomic mass is 10.0. The Kier molecular flexibility index (Phi) is 5.07. The van der Waals surface area contributed by atoms with Gasteiger partial charge in [-0.1, -0.05) is 12.1 Å². The van der Waals surface area contributed by atoms with Crippen LogP contribution in [0.15, 0.2) is 48.5 Å². The molecule has 2 aromatic carbocycles. The molecular formula is C21H22N2O3. The van der Waals surface area contributed by atoms with E-state index in [4.69, 9.17) is 9.47 Å². The first kappa shape index (κ1) is 17.7. The van der Waals surface area contributed by atoms with Crippen LogP contribution in [0.3, 0.4) is 0 Å². The van der Waals surface area contributed by atoms with Gasteiger partial charge in [-0.05, 0) is 68.3 Å². The van der Waals surface area contributed by atoms with Gasteiger partial charge in [0.05, 0.1) is 25.1 Å². The Balaban J connectivity index is 2.13. The first-order chi connectivity index (χ1) is 12.5. The minimum Gasteiger partial charge on any atom is -0.497 e. The number of methoxy groups -OCH3 is 1. The molecule has 5 nitrogen and oxygen atoms in total. The van der Waals surface area contributed by atoms with Crippen LogP contribution in [0.2, 0.25) is 0 Å². The number of ether oxygens (including phenoxy) is 2. The Morgan fingerprint density at radius 2 is 1.77 bits per heavy atom. The van der Waals surface area contributed by atoms with Crippen LogP contribution in [-0.2, 0) is 4.74 Å². The summed E-state index contributed by atoms with van der Waals surface area (Å²) in [4.78, 5) is 12.2. The third-order valence-electron chi connectivity index (χ3n) is 4.31. The van der Waals surface area contributed by atoms with Crippen LogP contribution < -0.4 is 4.74 Å². The van der Waals surface area contributed by atoms with Gasteiger partial charge in [-0.15, -0.1) is 0 Å². The highest BCUT2D eigenvalue weighted by molar-refractivity contribution is 5.89. The molecule has 0 saturated heterocycles. The fourth-order valence-electron chi connectivity index (χ4n) is 2.71. The molecule has 0 unspecified atom stereocenters. The van der Waals surface area contributed by atoms with Crippen LogP contribution in [0.5, 0.6) is 5.75 Å². The molecule has 1 aromatic heterocycles. The van der Waals surface area contributed by atoms with E-state index in [9.17, 15) is 4.79 Å². The summed E-state index contributed by atoms with van der Waals surface area (Å²) in [5.41, 5.74) is 5.36. The SMILES string of the molecule is CCOC(=O)c1cc(-c2ccc(C)c(C)c2)n(-c2ccc(OC)cc2)n1. The van der Waals surface area contributed by atoms with Gasteiger partial charge in [-0.2, -0.15) is 5.10 Å². The van der Waals surface area contributed by atoms with Gasteiger partial charge in [0.1, 0.15) is 5.75 Å². The lowest BCUT2D eigenvalue weighted by Crippen LogP contribution is -2.06. The molecule has 0 atom stereocenters. The molecule has 0 saturated carbocycles. The van der Waals surface area contributed by atoms with Crippen LogP contribution in [0.1, 0.15) is 28.5 Å². The number of hydrogen-bond acceptors (Lipinski definition) is 4. The summed E-state index contributed by atoms with van der Waals surface area (Å²) in [5, 5.41) is 4.48. The van der Waals surface area contributed by atoms with Crippen molar-refractivity contribution in [3.05, 3.63) is 65.4 Å². The maximum Gasteiger partial charge on any atom is 0.358 e. The summed E-state index contributed by atoms with van der Waals surface area (Å²) in [6, 6.07) is 15.5. The van der Waals surface area contributed by atoms with Crippen molar-refractivity contribution in [3.63, 3.8) is 0 Å². The number of esters is 1. The molecule has 0 N–H and O–H groups in total. The molecule has 0 aliphatic rings. The number of rotatable bonds is 5. The van der Waals surface area contributed by atoms with Gasteiger partial charge in [-0.3, -0.25) is 0 Å². The zero-order chi connectivity index (χ0) is 18.7. The van der Waals surface area contributed by atoms with Crippen molar-refractivity contribution in [2.75, 3.05) is 13.7 Å². The van der Waals surface area contributed by atoms with Crippen LogP contribution >= 0.6 is 0 Å². The highest BCUT2D eigenvalue weighted by atomic mass is 16.5. The van der Waals surface area contributed by atoms with Crippen molar-refractivity contribution in [3.8, 4) is 22.7 Å². The molecule has 0 spiro atoms. The molecular weight excluding hydrogens is 328 g/mol. The van der Waals surface area contributed by atoms with E-state index in [0.717, 1.165) is 22.7 Å². The van der Waals surface area contributed by atoms with E-state index < -0.39 is 5.97 Å². The summed E-state index contributed by atoms with van der Waals surface area (Å²) >= 11 is 0. The van der Waals surface area contributed by atoms with Gasteiger partial charge in [0, 0.05) is 5.56 Å². The van der Waals surface area contributed by atoms with E-state index in [0.29, 0.717) is 6.61 Å². The number of aromatic nitrogens is 2. The molecule has 0 radical (unpaired) electrons. The third kappa shape index (κ3) is 3.47. The minimum absolute atomic E-state index is 0.288. The predicted molar refractivity (Wildman–Crippen MR) is 101 cm³/mol. The fraction of sp³-hybridized carbons (Fsp3) is 0.238. The van der Waals surface area contributed by atoms with Crippen LogP contribution in [0.4, 0.5) is 0 Å². The van der Waals surface area contributed by atoms with Gasteiger partial charge in [0.25, 0.3) is 0 Å². The Morgan fingerprint density at radius 3 is 2.38 bits per heavy atom. The quantitative estimate of drug-likeness (QED) is 0.642. The van der Waals surface area contributed by atoms with Gasteiger partial charge in [-0.25, -0.2) is 9.48 Å². The molecule has 0 aliphatic carbocycles. The fourth-order valence-corrected chi connectivity index (χ4v) is 2.71. The van der Waals surface area contributed by atoms with Crippen molar-refractivity contribution in [1.29, 1.82) is 0 Å². The lowest BCUT2D eigenvalue weighted by molar-refractivity contribution is 0.0519. The molecule has 134 valence electrons. The number of nitrogens with zero attached hydrogens (tertiary/aromatic N) is 2. The Labute approximate surface area is 153 Å². The van der Waals surface area contributed by atoms with E-state index in [-0.39, 0.29) is 5.69 Å². The summed E-state index contributed by atoms with van der Waals surface area (Å²) in [6.45, 7) is 6.24. The molecule has 26 heavy (non-hydrogen) atoms. The maximum absolute atomic E-state index is 12.2. The second kappa shape index (κ2) is 7.44. The second-order valence-corrected chi connectivity index (χ2v) is 6.04. The highest BCUT2D eigenvalue weighted by Gasteiger charge is 2.18. The van der Waals surface area contributed by atoms with E-state index in [1.165, 1.54) is 11.1 Å². The number of carbonyl (C=O) groups is 1. The maximum atomic E-state index is 12.2. The van der Waals surface area contributed by atoms with Gasteiger partial charge >= 0.3 is 5.97 Å². The summed E-state index contributed by atoms with van der Waals surface area (Å²) in [5.74, 6) is 0.337. The van der Waals surface area contributed by atoms with Crippen molar-refractivity contribution in [2.45, 2.75) is 20.8 Å². The summed E-state index contributed by atoms with van der Waals surface area (Å²) in [6.07, 6.45) is 0. The largest absolute Gasteiger partial charge is 0.497 e. The lowest BCUT2D eigenvalue weighted by Gasteiger charge is -2.10. The molecule has 3 rings (SSSR count). The first-order valence-corrected chi connectivity index (χ1v) is 8.52. The Hall–Kier alpha value is -3.08. The van der Waals surface area contributed by atoms with E-state index in [1.807, 2.05) is 30.3 Å². The Bertz CT molecular complexity index is 927. The highest BCUT2D eigenvalue weighted by Crippen LogP contribution is 2.27. The minimum atomic E-state index is -0.426. The standard InChI is InChI=1S/C21H22N2O3/c1-5-26-21(24)19-13-20(16-7-6-14(2)15(3)12-16)23(22-19)17-8-10-18(25-4)11-9-17/h6-13H,5H2,1-4H3. The zero-order valence-electron chi connectivity index (χ0n) is 15.4. The van der Waals surface area contributed by atoms with Crippen LogP contribution in [-0.4, -0.2) is 29.5 Å². The number of aryl methyl sites for hydroxylation is 2. The van der Waals surface area contributed by atoms with Crippen LogP contribution in [0, 0.1) is 13.8 Å². The number of benzene rings is 2. The van der Waals surface area contributed by atoms with Gasteiger partial charge < -0.3 is 9.47 Å². The molecule has 1 heterocycles. The van der Waals surface area contributed by atoms with Crippen molar-refractivity contribution >= 4 is 5.97 Å². The number of carbonyl (C=O) groups excluding carboxylic acids is 1. The van der Waals surface area contributed by atoms with E-state index in [2.05, 4.69) is 31.1 Å². The van der Waals surface area contributed by atoms with Crippen LogP contribution in [0.25, 0.3) is 16.9 Å².